The molecule has 2 unspecified atom stereocenters. The van der Waals surface area contributed by atoms with E-state index in [9.17, 15) is 48.6 Å². The first-order chi connectivity index (χ1) is 30.1. The third-order valence-corrected chi connectivity index (χ3v) is 14.8. The van der Waals surface area contributed by atoms with Crippen LogP contribution in [0.1, 0.15) is 71.6 Å². The van der Waals surface area contributed by atoms with Crippen LogP contribution in [-0.4, -0.2) is 132 Å². The number of benzene rings is 3. The van der Waals surface area contributed by atoms with Crippen LogP contribution >= 0.6 is 48.0 Å². The normalized spacial score (nSPS) is 24.4. The van der Waals surface area contributed by atoms with Crippen LogP contribution in [-0.2, 0) is 28.8 Å². The highest BCUT2D eigenvalue weighted by atomic mass is 32.2. The zero-order valence-electron chi connectivity index (χ0n) is 34.4. The van der Waals surface area contributed by atoms with Crippen LogP contribution in [0.4, 0.5) is 0 Å². The lowest BCUT2D eigenvalue weighted by Gasteiger charge is -2.48. The van der Waals surface area contributed by atoms with Gasteiger partial charge in [0.1, 0.15) is 47.0 Å². The van der Waals surface area contributed by atoms with E-state index in [0.717, 1.165) is 43.1 Å². The highest BCUT2D eigenvalue weighted by molar-refractivity contribution is 8.02. The largest absolute Gasteiger partial charge is 0.480 e. The molecule has 0 aromatic heterocycles. The summed E-state index contributed by atoms with van der Waals surface area (Å²) in [5.74, 6) is -7.92. The smallest absolute Gasteiger partial charge is 0.327 e. The topological polar surface area (TPSA) is 266 Å². The predicted octanol–water partition coefficient (Wildman–Crippen LogP) is 1.80. The molecule has 0 aliphatic carbocycles. The first kappa shape index (κ1) is 45.9. The second kappa shape index (κ2) is 17.1. The van der Waals surface area contributed by atoms with Gasteiger partial charge in [0.2, 0.25) is 0 Å². The summed E-state index contributed by atoms with van der Waals surface area (Å²) >= 11 is 12.4. The molecule has 334 valence electrons. The molecule has 4 heterocycles. The van der Waals surface area contributed by atoms with Gasteiger partial charge in [-0.15, -0.1) is 23.5 Å². The maximum Gasteiger partial charge on any atom is 0.327 e. The van der Waals surface area contributed by atoms with E-state index in [2.05, 4.69) is 10.6 Å². The molecule has 4 aliphatic rings. The summed E-state index contributed by atoms with van der Waals surface area (Å²) in [7, 11) is 0. The van der Waals surface area contributed by atoms with Crippen LogP contribution in [0.2, 0.25) is 0 Å². The molecular formula is C42H42N8O10S4. The monoisotopic (exact) mass is 946 g/mol. The second-order valence-electron chi connectivity index (χ2n) is 16.4. The van der Waals surface area contributed by atoms with Gasteiger partial charge < -0.3 is 42.1 Å². The lowest BCUT2D eigenvalue weighted by Crippen LogP contribution is -2.73. The van der Waals surface area contributed by atoms with Gasteiger partial charge in [-0.25, -0.2) is 9.59 Å². The number of thioether (sulfide) groups is 2. The minimum atomic E-state index is -1.46. The summed E-state index contributed by atoms with van der Waals surface area (Å²) in [6, 6.07) is 12.9. The Morgan fingerprint density at radius 3 is 1.20 bits per heavy atom. The zero-order valence-corrected chi connectivity index (χ0v) is 37.7. The van der Waals surface area contributed by atoms with Gasteiger partial charge in [-0.3, -0.25) is 38.6 Å². The summed E-state index contributed by atoms with van der Waals surface area (Å²) < 4.78 is -2.02. The Balaban J connectivity index is 1.27. The Bertz CT molecular complexity index is 2320. The third-order valence-electron chi connectivity index (χ3n) is 11.5. The van der Waals surface area contributed by atoms with Crippen molar-refractivity contribution in [3.63, 3.8) is 0 Å². The van der Waals surface area contributed by atoms with Crippen LogP contribution in [0.5, 0.6) is 0 Å². The quantitative estimate of drug-likeness (QED) is 0.112. The molecule has 0 spiro atoms. The number of carbonyl (C=O) groups excluding carboxylic acids is 6. The number of carboxylic acid groups (broad SMARTS) is 2. The Labute approximate surface area is 385 Å². The number of nitrogens with zero attached hydrogens (tertiary/aromatic N) is 4. The van der Waals surface area contributed by atoms with E-state index in [4.69, 9.17) is 35.9 Å². The fourth-order valence-corrected chi connectivity index (χ4v) is 12.2. The first-order valence-electron chi connectivity index (χ1n) is 19.6. The number of amides is 6. The minimum Gasteiger partial charge on any atom is -0.480 e. The van der Waals surface area contributed by atoms with Gasteiger partial charge in [-0.1, -0.05) is 60.7 Å². The molecule has 8 atom stereocenters. The molecule has 4 saturated heterocycles. The van der Waals surface area contributed by atoms with Crippen molar-refractivity contribution in [3.05, 3.63) is 107 Å². The van der Waals surface area contributed by atoms with Gasteiger partial charge >= 0.3 is 11.9 Å². The number of hydrogen-bond acceptors (Lipinski definition) is 12. The van der Waals surface area contributed by atoms with E-state index in [1.54, 1.807) is 88.4 Å². The van der Waals surface area contributed by atoms with Crippen molar-refractivity contribution in [2.45, 2.75) is 84.2 Å². The summed E-state index contributed by atoms with van der Waals surface area (Å²) in [6.45, 7) is 6.58. The summed E-state index contributed by atoms with van der Waals surface area (Å²) in [5.41, 5.74) is 12.0. The Morgan fingerprint density at radius 1 is 0.609 bits per heavy atom. The average Bonchev–Trinajstić information content (AvgIpc) is 3.65. The van der Waals surface area contributed by atoms with Crippen molar-refractivity contribution >= 4 is 106 Å². The van der Waals surface area contributed by atoms with Gasteiger partial charge in [0.15, 0.2) is 10.2 Å². The molecule has 4 fully saturated rings. The van der Waals surface area contributed by atoms with Crippen molar-refractivity contribution < 1.29 is 48.6 Å². The van der Waals surface area contributed by atoms with Gasteiger partial charge in [-0.2, -0.15) is 0 Å². The number of hydrogen-bond donors (Lipinski definition) is 6. The number of imide groups is 2. The van der Waals surface area contributed by atoms with Crippen LogP contribution in [0, 0.1) is 0 Å². The van der Waals surface area contributed by atoms with E-state index in [0.29, 0.717) is 11.1 Å². The maximum absolute atomic E-state index is 14.7. The number of carboxylic acids is 2. The van der Waals surface area contributed by atoms with Gasteiger partial charge in [0.05, 0.1) is 0 Å². The number of fused-ring (bicyclic) bond motifs is 2. The number of β-lactam (4-membered cyclic amide) rings is 2. The number of aliphatic carboxylic acids is 2. The van der Waals surface area contributed by atoms with Crippen molar-refractivity contribution in [2.75, 3.05) is 0 Å². The molecule has 7 rings (SSSR count). The SMILES string of the molecule is CC1(C)S[C@@H]2[C@H](N(C(=O)c3ccc(C(=O)N(C(=O)C(NC(N)=S)c4ccccc4)[C@@H]4C(=O)N5[C@@H]4SC(C)(C)[C@@H]5C(=O)O)cc3)C(=O)C(NC(N)=S)c3ccccc3)C(=O)N2[C@H]1C(=O)O. The molecule has 0 radical (unpaired) electrons. The summed E-state index contributed by atoms with van der Waals surface area (Å²) in [4.78, 5) is 115. The number of nitrogens with two attached hydrogens (primary N) is 2. The maximum atomic E-state index is 14.7. The minimum absolute atomic E-state index is 0.186. The van der Waals surface area contributed by atoms with Crippen LogP contribution < -0.4 is 22.1 Å². The van der Waals surface area contributed by atoms with Crippen molar-refractivity contribution in [1.29, 1.82) is 0 Å². The van der Waals surface area contributed by atoms with Crippen LogP contribution in [0.3, 0.4) is 0 Å². The van der Waals surface area contributed by atoms with Crippen molar-refractivity contribution in [2.24, 2.45) is 11.5 Å². The Hall–Kier alpha value is -6.10. The molecule has 8 N–H and O–H groups in total. The fourth-order valence-electron chi connectivity index (χ4n) is 8.65. The predicted molar refractivity (Wildman–Crippen MR) is 242 cm³/mol. The van der Waals surface area contributed by atoms with E-state index < -0.39 is 104 Å². The van der Waals surface area contributed by atoms with Crippen molar-refractivity contribution in [3.8, 4) is 0 Å². The summed E-state index contributed by atoms with van der Waals surface area (Å²) in [5, 5.41) is 23.1. The van der Waals surface area contributed by atoms with E-state index in [-0.39, 0.29) is 21.4 Å². The number of thiocarbonyl (C=S) groups is 2. The standard InChI is InChI=1S/C42H42N8O10S4/c1-41(2)27(37(57)58)49-33(55)25(35(49)63-41)47(31(53)23(45-39(43)61)19-11-7-5-8-12-19)29(51)21-15-17-22(18-16-21)30(52)48(32(54)24(46-40(44)62)20-13-9-6-10-14-20)26-34(56)50-28(38(59)60)42(3,4)64-36(26)50/h5-18,23-28,35-36H,1-4H3,(H,57,58)(H,59,60)(H3,43,45,61)(H3,44,46,62)/t23?,24?,25-,26-,27+,28+,35-,36-/m1/s1. The number of carbonyl (C=O) groups is 8. The molecule has 3 aromatic rings. The van der Waals surface area contributed by atoms with E-state index >= 15 is 0 Å². The molecular weight excluding hydrogens is 905 g/mol. The molecule has 0 saturated carbocycles. The lowest BCUT2D eigenvalue weighted by atomic mass is 9.93. The average molecular weight is 947 g/mol. The molecule has 18 nitrogen and oxygen atoms in total. The first-order valence-corrected chi connectivity index (χ1v) is 22.2. The second-order valence-corrected chi connectivity index (χ2v) is 20.8. The van der Waals surface area contributed by atoms with Crippen molar-refractivity contribution in [1.82, 2.24) is 30.2 Å². The molecule has 4 aliphatic heterocycles. The van der Waals surface area contributed by atoms with Crippen LogP contribution in [0.15, 0.2) is 84.9 Å². The third kappa shape index (κ3) is 7.91. The van der Waals surface area contributed by atoms with Crippen LogP contribution in [0.25, 0.3) is 0 Å². The highest BCUT2D eigenvalue weighted by Crippen LogP contribution is 2.54. The molecule has 22 heteroatoms. The van der Waals surface area contributed by atoms with E-state index in [1.165, 1.54) is 24.3 Å². The molecule has 6 amide bonds. The zero-order chi connectivity index (χ0) is 46.7. The van der Waals surface area contributed by atoms with Gasteiger partial charge in [-0.05, 0) is 87.5 Å². The van der Waals surface area contributed by atoms with Gasteiger partial charge in [0.25, 0.3) is 35.4 Å². The fraction of sp³-hybridized carbons (Fsp3) is 0.333. The molecule has 3 aromatic carbocycles. The summed E-state index contributed by atoms with van der Waals surface area (Å²) in [6.07, 6.45) is 0. The van der Waals surface area contributed by atoms with Gasteiger partial charge in [0, 0.05) is 20.6 Å². The highest BCUT2D eigenvalue weighted by Gasteiger charge is 2.68. The number of rotatable bonds is 12. The van der Waals surface area contributed by atoms with E-state index in [1.807, 2.05) is 0 Å². The Morgan fingerprint density at radius 2 is 0.922 bits per heavy atom. The number of nitrogens with one attached hydrogen (secondary N) is 2. The molecule has 64 heavy (non-hydrogen) atoms. The Kier molecular flexibility index (Phi) is 12.3. The lowest BCUT2D eigenvalue weighted by molar-refractivity contribution is -0.166. The molecule has 0 bridgehead atoms.